The Bertz CT molecular complexity index is 487. The van der Waals surface area contributed by atoms with E-state index in [0.29, 0.717) is 12.4 Å². The predicted octanol–water partition coefficient (Wildman–Crippen LogP) is 4.86. The van der Waals surface area contributed by atoms with Crippen LogP contribution < -0.4 is 4.52 Å². The first-order valence-corrected chi connectivity index (χ1v) is 10.2. The summed E-state index contributed by atoms with van der Waals surface area (Å²) in [5, 5.41) is 0. The number of carbonyl (C=O) groups excluding carboxylic acids is 1. The van der Waals surface area contributed by atoms with Crippen molar-refractivity contribution in [1.82, 2.24) is 0 Å². The van der Waals surface area contributed by atoms with E-state index in [-0.39, 0.29) is 18.6 Å². The Labute approximate surface area is 134 Å². The molecule has 0 amide bonds. The first kappa shape index (κ1) is 18.2. The van der Waals surface area contributed by atoms with Crippen LogP contribution >= 0.6 is 23.3 Å². The molecule has 0 aliphatic rings. The lowest BCUT2D eigenvalue weighted by Crippen LogP contribution is -2.09. The van der Waals surface area contributed by atoms with Gasteiger partial charge in [-0.2, -0.15) is 0 Å². The number of carbonyl (C=O) groups is 1. The van der Waals surface area contributed by atoms with Crippen molar-refractivity contribution in [3.05, 3.63) is 28.7 Å². The molecule has 21 heavy (non-hydrogen) atoms. The van der Waals surface area contributed by atoms with Gasteiger partial charge in [0.1, 0.15) is 5.75 Å². The van der Waals surface area contributed by atoms with E-state index in [1.807, 2.05) is 12.1 Å². The average Bonchev–Trinajstić information content (AvgIpc) is 2.44. The molecule has 0 N–H and O–H groups in total. The minimum Gasteiger partial charge on any atom is -0.466 e. The summed E-state index contributed by atoms with van der Waals surface area (Å²) in [6, 6.07) is 7.11. The van der Waals surface area contributed by atoms with Crippen molar-refractivity contribution in [2.75, 3.05) is 19.4 Å². The van der Waals surface area contributed by atoms with Crippen LogP contribution in [0.5, 0.6) is 5.75 Å². The van der Waals surface area contributed by atoms with Crippen LogP contribution in [0.25, 0.3) is 0 Å². The number of ether oxygens (including phenoxy) is 1. The maximum Gasteiger partial charge on any atom is 0.306 e. The van der Waals surface area contributed by atoms with Gasteiger partial charge in [-0.15, -0.1) is 0 Å². The highest BCUT2D eigenvalue weighted by molar-refractivity contribution is 9.10. The fourth-order valence-corrected chi connectivity index (χ4v) is 3.18. The molecule has 1 aromatic rings. The molecule has 1 unspecified atom stereocenters. The number of benzene rings is 1. The first-order chi connectivity index (χ1) is 9.93. The minimum absolute atomic E-state index is 0.121. The molecule has 0 fully saturated rings. The molecule has 0 spiro atoms. The van der Waals surface area contributed by atoms with Gasteiger partial charge in [-0.1, -0.05) is 35.7 Å². The monoisotopic (exact) mass is 376 g/mol. The summed E-state index contributed by atoms with van der Waals surface area (Å²) < 4.78 is 23.8. The van der Waals surface area contributed by atoms with Crippen molar-refractivity contribution in [2.24, 2.45) is 0 Å². The lowest BCUT2D eigenvalue weighted by Gasteiger charge is -2.15. The quantitative estimate of drug-likeness (QED) is 0.350. The topological polar surface area (TPSA) is 52.6 Å². The SMILES string of the molecule is CCCCCOC(=O)CCP(C)(=O)Oc1ccc(Br)cc1. The predicted molar refractivity (Wildman–Crippen MR) is 88.3 cm³/mol. The zero-order chi connectivity index (χ0) is 15.7. The number of hydrogen-bond acceptors (Lipinski definition) is 4. The van der Waals surface area contributed by atoms with E-state index >= 15 is 0 Å². The third kappa shape index (κ3) is 8.27. The van der Waals surface area contributed by atoms with Gasteiger partial charge in [0.05, 0.1) is 13.0 Å². The summed E-state index contributed by atoms with van der Waals surface area (Å²) in [6.45, 7) is 4.07. The van der Waals surface area contributed by atoms with Gasteiger partial charge in [-0.25, -0.2) is 0 Å². The lowest BCUT2D eigenvalue weighted by molar-refractivity contribution is -0.143. The Morgan fingerprint density at radius 2 is 1.90 bits per heavy atom. The van der Waals surface area contributed by atoms with Crippen LogP contribution in [-0.4, -0.2) is 25.4 Å². The zero-order valence-corrected chi connectivity index (χ0v) is 15.0. The van der Waals surface area contributed by atoms with Crippen LogP contribution in [0.3, 0.4) is 0 Å². The van der Waals surface area contributed by atoms with E-state index in [4.69, 9.17) is 9.26 Å². The molecule has 0 bridgehead atoms. The van der Waals surface area contributed by atoms with E-state index in [9.17, 15) is 9.36 Å². The van der Waals surface area contributed by atoms with Crippen LogP contribution in [-0.2, 0) is 14.1 Å². The molecule has 0 saturated heterocycles. The van der Waals surface area contributed by atoms with Gasteiger partial charge < -0.3 is 9.26 Å². The minimum atomic E-state index is -2.84. The van der Waals surface area contributed by atoms with Crippen LogP contribution in [0.1, 0.15) is 32.6 Å². The Morgan fingerprint density at radius 1 is 1.24 bits per heavy atom. The average molecular weight is 377 g/mol. The summed E-state index contributed by atoms with van der Waals surface area (Å²) in [4.78, 5) is 11.5. The molecule has 4 nitrogen and oxygen atoms in total. The van der Waals surface area contributed by atoms with Crippen molar-refractivity contribution in [1.29, 1.82) is 0 Å². The maximum absolute atomic E-state index is 12.3. The molecule has 0 saturated carbocycles. The summed E-state index contributed by atoms with van der Waals surface area (Å²) in [7, 11) is -2.84. The molecule has 1 aromatic carbocycles. The number of halogens is 1. The molecule has 0 aromatic heterocycles. The van der Waals surface area contributed by atoms with Gasteiger partial charge in [0.25, 0.3) is 0 Å². The standard InChI is InChI=1S/C15H22BrO4P/c1-3-4-5-11-19-15(17)10-12-21(2,18)20-14-8-6-13(16)7-9-14/h6-9H,3-5,10-12H2,1-2H3. The van der Waals surface area contributed by atoms with E-state index in [1.165, 1.54) is 0 Å². The normalized spacial score (nSPS) is 13.5. The second-order valence-corrected chi connectivity index (χ2v) is 8.53. The van der Waals surface area contributed by atoms with Gasteiger partial charge >= 0.3 is 5.97 Å². The first-order valence-electron chi connectivity index (χ1n) is 7.10. The fraction of sp³-hybridized carbons (Fsp3) is 0.533. The van der Waals surface area contributed by atoms with Gasteiger partial charge in [-0.05, 0) is 30.7 Å². The number of rotatable bonds is 9. The second kappa shape index (κ2) is 9.26. The number of unbranched alkanes of at least 4 members (excludes halogenated alkanes) is 2. The summed E-state index contributed by atoms with van der Waals surface area (Å²) in [5.74, 6) is 0.230. The number of esters is 1. The van der Waals surface area contributed by atoms with Crippen molar-refractivity contribution >= 4 is 29.3 Å². The maximum atomic E-state index is 12.3. The van der Waals surface area contributed by atoms with E-state index < -0.39 is 7.37 Å². The van der Waals surface area contributed by atoms with Gasteiger partial charge in [-0.3, -0.25) is 9.36 Å². The van der Waals surface area contributed by atoms with Crippen LogP contribution in [0.4, 0.5) is 0 Å². The molecule has 1 rings (SSSR count). The zero-order valence-electron chi connectivity index (χ0n) is 12.5. The molecule has 6 heteroatoms. The molecule has 0 aliphatic carbocycles. The molecular formula is C15H22BrO4P. The lowest BCUT2D eigenvalue weighted by atomic mass is 10.3. The molecule has 0 radical (unpaired) electrons. The third-order valence-corrected chi connectivity index (χ3v) is 5.01. The second-order valence-electron chi connectivity index (χ2n) is 4.96. The van der Waals surface area contributed by atoms with Crippen molar-refractivity contribution in [3.8, 4) is 5.75 Å². The molecule has 1 atom stereocenters. The molecule has 0 aliphatic heterocycles. The Hall–Kier alpha value is -0.800. The van der Waals surface area contributed by atoms with E-state index in [2.05, 4.69) is 22.9 Å². The summed E-state index contributed by atoms with van der Waals surface area (Å²) in [6.07, 6.45) is 3.32. The third-order valence-electron chi connectivity index (χ3n) is 2.85. The Morgan fingerprint density at radius 3 is 2.52 bits per heavy atom. The summed E-state index contributed by atoms with van der Waals surface area (Å²) >= 11 is 3.32. The van der Waals surface area contributed by atoms with Crippen molar-refractivity contribution < 1.29 is 18.6 Å². The highest BCUT2D eigenvalue weighted by Crippen LogP contribution is 2.43. The van der Waals surface area contributed by atoms with Crippen LogP contribution in [0, 0.1) is 0 Å². The molecule has 0 heterocycles. The van der Waals surface area contributed by atoms with Crippen LogP contribution in [0.2, 0.25) is 0 Å². The van der Waals surface area contributed by atoms with Gasteiger partial charge in [0.2, 0.25) is 7.37 Å². The van der Waals surface area contributed by atoms with E-state index in [1.54, 1.807) is 18.8 Å². The largest absolute Gasteiger partial charge is 0.466 e. The highest BCUT2D eigenvalue weighted by atomic mass is 79.9. The van der Waals surface area contributed by atoms with Gasteiger partial charge in [0.15, 0.2) is 0 Å². The van der Waals surface area contributed by atoms with E-state index in [0.717, 1.165) is 23.7 Å². The highest BCUT2D eigenvalue weighted by Gasteiger charge is 2.19. The number of hydrogen-bond donors (Lipinski definition) is 0. The smallest absolute Gasteiger partial charge is 0.306 e. The Kier molecular flexibility index (Phi) is 8.05. The van der Waals surface area contributed by atoms with Crippen molar-refractivity contribution in [3.63, 3.8) is 0 Å². The molecular weight excluding hydrogens is 355 g/mol. The van der Waals surface area contributed by atoms with Crippen molar-refractivity contribution in [2.45, 2.75) is 32.6 Å². The molecule has 118 valence electrons. The fourth-order valence-electron chi connectivity index (χ4n) is 1.67. The summed E-state index contributed by atoms with van der Waals surface area (Å²) in [5.41, 5.74) is 0. The van der Waals surface area contributed by atoms with Gasteiger partial charge in [0, 0.05) is 17.3 Å². The van der Waals surface area contributed by atoms with Crippen LogP contribution in [0.15, 0.2) is 28.7 Å². The Balaban J connectivity index is 2.33.